The van der Waals surface area contributed by atoms with Crippen LogP contribution in [0.3, 0.4) is 0 Å². The van der Waals surface area contributed by atoms with Gasteiger partial charge in [0.15, 0.2) is 0 Å². The Bertz CT molecular complexity index is 841. The molecule has 0 aromatic heterocycles. The first-order valence-corrected chi connectivity index (χ1v) is 9.19. The van der Waals surface area contributed by atoms with Gasteiger partial charge in [-0.25, -0.2) is 0 Å². The summed E-state index contributed by atoms with van der Waals surface area (Å²) in [7, 11) is 0. The van der Waals surface area contributed by atoms with Crippen LogP contribution in [0.4, 0.5) is 0 Å². The fourth-order valence-electron chi connectivity index (χ4n) is 3.21. The van der Waals surface area contributed by atoms with E-state index in [4.69, 9.17) is 6.42 Å². The molecule has 1 fully saturated rings. The zero-order valence-corrected chi connectivity index (χ0v) is 15.4. The molecule has 1 unspecified atom stereocenters. The van der Waals surface area contributed by atoms with Crippen molar-refractivity contribution in [3.8, 4) is 12.3 Å². The lowest BCUT2D eigenvalue weighted by molar-refractivity contribution is -0.129. The van der Waals surface area contributed by atoms with Crippen molar-refractivity contribution in [2.45, 2.75) is 31.3 Å². The second-order valence-corrected chi connectivity index (χ2v) is 6.73. The van der Waals surface area contributed by atoms with Crippen molar-refractivity contribution in [2.75, 3.05) is 19.6 Å². The second kappa shape index (κ2) is 8.57. The summed E-state index contributed by atoms with van der Waals surface area (Å²) in [5, 5.41) is 7.66. The molecule has 146 valence electrons. The number of amides is 4. The monoisotopic (exact) mass is 382 g/mol. The highest BCUT2D eigenvalue weighted by Gasteiger charge is 2.47. The molecule has 1 aromatic rings. The third kappa shape index (κ3) is 4.31. The maximum Gasteiger partial charge on any atom is 0.255 e. The predicted octanol–water partition coefficient (Wildman–Crippen LogP) is -0.282. The molecule has 2 aliphatic rings. The Labute approximate surface area is 163 Å². The number of hydrogen-bond acceptors (Lipinski definition) is 4. The molecular weight excluding hydrogens is 360 g/mol. The summed E-state index contributed by atoms with van der Waals surface area (Å²) in [5.41, 5.74) is 1.21. The van der Waals surface area contributed by atoms with E-state index in [1.165, 1.54) is 0 Å². The van der Waals surface area contributed by atoms with Gasteiger partial charge >= 0.3 is 0 Å². The molecule has 1 aromatic carbocycles. The summed E-state index contributed by atoms with van der Waals surface area (Å²) >= 11 is 0. The van der Waals surface area contributed by atoms with Crippen molar-refractivity contribution < 1.29 is 19.2 Å². The Morgan fingerprint density at radius 2 is 1.86 bits per heavy atom. The molecule has 1 saturated carbocycles. The van der Waals surface area contributed by atoms with Gasteiger partial charge in [-0.15, -0.1) is 6.42 Å². The second-order valence-electron chi connectivity index (χ2n) is 6.73. The average Bonchev–Trinajstić information content (AvgIpc) is 3.49. The molecule has 1 atom stereocenters. The maximum atomic E-state index is 12.7. The first kappa shape index (κ1) is 19.4. The number of rotatable bonds is 8. The van der Waals surface area contributed by atoms with Gasteiger partial charge in [-0.05, 0) is 24.5 Å². The van der Waals surface area contributed by atoms with E-state index in [0.717, 1.165) is 12.8 Å². The molecule has 3 N–H and O–H groups in total. The molecule has 0 saturated heterocycles. The van der Waals surface area contributed by atoms with Crippen LogP contribution in [-0.2, 0) is 14.4 Å². The third-order valence-electron chi connectivity index (χ3n) is 4.67. The minimum absolute atomic E-state index is 0.0750. The predicted molar refractivity (Wildman–Crippen MR) is 101 cm³/mol. The topological polar surface area (TPSA) is 108 Å². The molecule has 1 heterocycles. The molecule has 1 aliphatic heterocycles. The van der Waals surface area contributed by atoms with Crippen LogP contribution in [0.25, 0.3) is 0 Å². The summed E-state index contributed by atoms with van der Waals surface area (Å²) in [4.78, 5) is 50.3. The van der Waals surface area contributed by atoms with Gasteiger partial charge in [0, 0.05) is 24.6 Å². The average molecular weight is 382 g/mol. The quantitative estimate of drug-likeness (QED) is 0.538. The van der Waals surface area contributed by atoms with Crippen molar-refractivity contribution in [1.29, 1.82) is 0 Å². The highest BCUT2D eigenvalue weighted by Crippen LogP contribution is 2.41. The number of hydrogen-bond donors (Lipinski definition) is 3. The number of benzene rings is 1. The number of fused-ring (bicyclic) bond motifs is 1. The van der Waals surface area contributed by atoms with Gasteiger partial charge in [0.2, 0.25) is 17.7 Å². The fourth-order valence-corrected chi connectivity index (χ4v) is 3.21. The molecule has 8 heteroatoms. The molecule has 3 rings (SSSR count). The van der Waals surface area contributed by atoms with E-state index in [1.807, 2.05) is 0 Å². The number of nitrogens with one attached hydrogen (secondary N) is 3. The summed E-state index contributed by atoms with van der Waals surface area (Å²) < 4.78 is 0. The maximum absolute atomic E-state index is 12.7. The molecule has 0 spiro atoms. The Morgan fingerprint density at radius 1 is 1.11 bits per heavy atom. The van der Waals surface area contributed by atoms with Gasteiger partial charge in [0.05, 0.1) is 13.1 Å². The minimum Gasteiger partial charge on any atom is -0.354 e. The van der Waals surface area contributed by atoms with Crippen LogP contribution in [0, 0.1) is 12.3 Å². The first-order valence-electron chi connectivity index (χ1n) is 9.19. The Balaban J connectivity index is 1.51. The van der Waals surface area contributed by atoms with Crippen LogP contribution in [0.1, 0.15) is 41.2 Å². The zero-order valence-electron chi connectivity index (χ0n) is 15.4. The molecule has 4 amide bonds. The van der Waals surface area contributed by atoms with E-state index in [9.17, 15) is 19.2 Å². The van der Waals surface area contributed by atoms with Crippen LogP contribution in [0.15, 0.2) is 24.3 Å². The lowest BCUT2D eigenvalue weighted by Crippen LogP contribution is -2.44. The number of carbonyl (C=O) groups is 4. The SMILES string of the molecule is C#CCNC(=O)CCNC(=O)CNC(=O)C1c2ccccc2C(=O)N1C1CC1. The minimum atomic E-state index is -0.710. The molecule has 8 nitrogen and oxygen atoms in total. The molecular formula is C20H22N4O4. The summed E-state index contributed by atoms with van der Waals surface area (Å²) in [5.74, 6) is 1.10. The third-order valence-corrected chi connectivity index (χ3v) is 4.67. The highest BCUT2D eigenvalue weighted by molar-refractivity contribution is 6.05. The van der Waals surface area contributed by atoms with Crippen molar-refractivity contribution in [1.82, 2.24) is 20.9 Å². The lowest BCUT2D eigenvalue weighted by atomic mass is 10.0. The van der Waals surface area contributed by atoms with Crippen molar-refractivity contribution >= 4 is 23.6 Å². The Hall–Kier alpha value is -3.34. The fraction of sp³-hybridized carbons (Fsp3) is 0.400. The summed E-state index contributed by atoms with van der Waals surface area (Å²) in [6, 6.07) is 6.42. The van der Waals surface area contributed by atoms with Gasteiger partial charge in [-0.3, -0.25) is 19.2 Å². The van der Waals surface area contributed by atoms with E-state index in [0.29, 0.717) is 11.1 Å². The van der Waals surface area contributed by atoms with E-state index in [-0.39, 0.29) is 49.8 Å². The van der Waals surface area contributed by atoms with Gasteiger partial charge in [0.25, 0.3) is 5.91 Å². The number of nitrogens with zero attached hydrogens (tertiary/aromatic N) is 1. The van der Waals surface area contributed by atoms with Gasteiger partial charge < -0.3 is 20.9 Å². The van der Waals surface area contributed by atoms with Gasteiger partial charge in [-0.1, -0.05) is 24.1 Å². The van der Waals surface area contributed by atoms with E-state index in [2.05, 4.69) is 21.9 Å². The first-order chi connectivity index (χ1) is 13.5. The van der Waals surface area contributed by atoms with Crippen LogP contribution in [-0.4, -0.2) is 54.2 Å². The van der Waals surface area contributed by atoms with Crippen molar-refractivity contribution in [3.63, 3.8) is 0 Å². The van der Waals surface area contributed by atoms with Crippen LogP contribution in [0.2, 0.25) is 0 Å². The van der Waals surface area contributed by atoms with E-state index >= 15 is 0 Å². The Morgan fingerprint density at radius 3 is 2.57 bits per heavy atom. The van der Waals surface area contributed by atoms with Crippen LogP contribution in [0.5, 0.6) is 0 Å². The van der Waals surface area contributed by atoms with Crippen molar-refractivity contribution in [2.24, 2.45) is 0 Å². The molecule has 0 radical (unpaired) electrons. The normalized spacial score (nSPS) is 17.5. The lowest BCUT2D eigenvalue weighted by Gasteiger charge is -2.24. The number of carbonyl (C=O) groups excluding carboxylic acids is 4. The Kier molecular flexibility index (Phi) is 5.94. The largest absolute Gasteiger partial charge is 0.354 e. The molecule has 0 bridgehead atoms. The standard InChI is InChI=1S/C20H22N4O4/c1-2-10-21-16(25)9-11-22-17(26)12-23-19(27)18-14-5-3-4-6-15(14)20(28)24(18)13-7-8-13/h1,3-6,13,18H,7-12H2,(H,21,25)(H,22,26)(H,23,27). The smallest absolute Gasteiger partial charge is 0.255 e. The van der Waals surface area contributed by atoms with Gasteiger partial charge in [-0.2, -0.15) is 0 Å². The van der Waals surface area contributed by atoms with Crippen molar-refractivity contribution in [3.05, 3.63) is 35.4 Å². The van der Waals surface area contributed by atoms with Crippen LogP contribution < -0.4 is 16.0 Å². The van der Waals surface area contributed by atoms with Crippen LogP contribution >= 0.6 is 0 Å². The summed E-state index contributed by atoms with van der Waals surface area (Å²) in [6.45, 7) is 0.0577. The molecule has 28 heavy (non-hydrogen) atoms. The zero-order chi connectivity index (χ0) is 20.1. The summed E-state index contributed by atoms with van der Waals surface area (Å²) in [6.07, 6.45) is 6.90. The van der Waals surface area contributed by atoms with E-state index < -0.39 is 11.9 Å². The van der Waals surface area contributed by atoms with E-state index in [1.54, 1.807) is 29.2 Å². The highest BCUT2D eigenvalue weighted by atomic mass is 16.2. The molecule has 1 aliphatic carbocycles. The van der Waals surface area contributed by atoms with Gasteiger partial charge in [0.1, 0.15) is 6.04 Å². The number of terminal acetylenes is 1.